The van der Waals surface area contributed by atoms with Crippen molar-refractivity contribution in [3.63, 3.8) is 0 Å². The van der Waals surface area contributed by atoms with Gasteiger partial charge in [-0.25, -0.2) is 4.98 Å². The Hall–Kier alpha value is -3.36. The Morgan fingerprint density at radius 1 is 1.16 bits per heavy atom. The van der Waals surface area contributed by atoms with Gasteiger partial charge in [0.25, 0.3) is 0 Å². The maximum absolute atomic E-state index is 12.8. The summed E-state index contributed by atoms with van der Waals surface area (Å²) in [5.41, 5.74) is 1.76. The van der Waals surface area contributed by atoms with E-state index in [0.717, 1.165) is 68.4 Å². The molecule has 0 atom stereocenters. The molecule has 2 aliphatic rings. The molecule has 32 heavy (non-hydrogen) atoms. The van der Waals surface area contributed by atoms with Crippen LogP contribution in [0.15, 0.2) is 42.4 Å². The third kappa shape index (κ3) is 3.83. The lowest BCUT2D eigenvalue weighted by atomic mass is 10.1. The van der Waals surface area contributed by atoms with E-state index < -0.39 is 5.78 Å². The number of pyridine rings is 1. The van der Waals surface area contributed by atoms with Crippen LogP contribution in [0.4, 0.5) is 0 Å². The number of aromatic hydroxyl groups is 2. The normalized spacial score (nSPS) is 18.4. The van der Waals surface area contributed by atoms with Gasteiger partial charge in [0.05, 0.1) is 0 Å². The Bertz CT molecular complexity index is 1210. The number of phenolic OH excluding ortho intramolecular Hbond substituents is 2. The molecule has 0 spiro atoms. The summed E-state index contributed by atoms with van der Waals surface area (Å²) < 4.78 is 7.78. The van der Waals surface area contributed by atoms with Gasteiger partial charge in [0.1, 0.15) is 28.5 Å². The number of carbonyl (C=O) groups excluding carboxylic acids is 1. The first-order valence-corrected chi connectivity index (χ1v) is 10.8. The third-order valence-electron chi connectivity index (χ3n) is 6.16. The molecule has 8 heteroatoms. The standard InChI is InChI=1S/C24H26N4O4/c1-26-8-10-27(11-9-26)6-3-7-28-15-16(18-4-2-5-25-24(18)28)12-21-23(31)22-19(30)13-17(29)14-20(22)32-21/h2,4-5,12-15,29-30H,3,6-11H2,1H3. The second kappa shape index (κ2) is 8.29. The van der Waals surface area contributed by atoms with Gasteiger partial charge in [0, 0.05) is 68.2 Å². The number of ketones is 1. The van der Waals surface area contributed by atoms with Crippen LogP contribution in [0.1, 0.15) is 22.3 Å². The fourth-order valence-electron chi connectivity index (χ4n) is 4.39. The van der Waals surface area contributed by atoms with Gasteiger partial charge in [-0.15, -0.1) is 0 Å². The lowest BCUT2D eigenvalue weighted by Gasteiger charge is -2.32. The van der Waals surface area contributed by atoms with Crippen LogP contribution in [0.5, 0.6) is 17.2 Å². The molecule has 5 rings (SSSR count). The first-order valence-electron chi connectivity index (χ1n) is 10.8. The van der Waals surface area contributed by atoms with Crippen LogP contribution >= 0.6 is 0 Å². The molecule has 0 radical (unpaired) electrons. The fourth-order valence-corrected chi connectivity index (χ4v) is 4.39. The van der Waals surface area contributed by atoms with Gasteiger partial charge in [-0.2, -0.15) is 0 Å². The number of rotatable bonds is 5. The molecule has 4 heterocycles. The van der Waals surface area contributed by atoms with E-state index in [4.69, 9.17) is 4.74 Å². The molecule has 0 amide bonds. The Kier molecular flexibility index (Phi) is 5.32. The smallest absolute Gasteiger partial charge is 0.235 e. The van der Waals surface area contributed by atoms with Gasteiger partial charge in [0.2, 0.25) is 5.78 Å². The molecule has 166 valence electrons. The largest absolute Gasteiger partial charge is 0.508 e. The molecule has 0 aliphatic carbocycles. The van der Waals surface area contributed by atoms with Crippen molar-refractivity contribution >= 4 is 22.9 Å². The number of piperazine rings is 1. The van der Waals surface area contributed by atoms with Crippen molar-refractivity contribution in [1.82, 2.24) is 19.4 Å². The highest BCUT2D eigenvalue weighted by Gasteiger charge is 2.31. The highest BCUT2D eigenvalue weighted by atomic mass is 16.5. The van der Waals surface area contributed by atoms with E-state index in [-0.39, 0.29) is 28.6 Å². The summed E-state index contributed by atoms with van der Waals surface area (Å²) in [6.07, 6.45) is 6.45. The number of hydrogen-bond donors (Lipinski definition) is 2. The number of benzene rings is 1. The number of aromatic nitrogens is 2. The summed E-state index contributed by atoms with van der Waals surface area (Å²) in [5, 5.41) is 20.7. The first-order chi connectivity index (χ1) is 15.5. The molecule has 1 fully saturated rings. The lowest BCUT2D eigenvalue weighted by molar-refractivity contribution is 0.101. The van der Waals surface area contributed by atoms with Crippen LogP contribution in [0.25, 0.3) is 17.1 Å². The molecule has 2 aliphatic heterocycles. The summed E-state index contributed by atoms with van der Waals surface area (Å²) in [5.74, 6) is -0.579. The zero-order valence-corrected chi connectivity index (χ0v) is 18.0. The van der Waals surface area contributed by atoms with E-state index in [1.807, 2.05) is 18.3 Å². The van der Waals surface area contributed by atoms with Crippen LogP contribution in [-0.4, -0.2) is 75.1 Å². The van der Waals surface area contributed by atoms with Crippen molar-refractivity contribution in [2.24, 2.45) is 0 Å². The van der Waals surface area contributed by atoms with Crippen molar-refractivity contribution in [1.29, 1.82) is 0 Å². The number of hydrogen-bond acceptors (Lipinski definition) is 7. The number of ether oxygens (including phenoxy) is 1. The highest BCUT2D eigenvalue weighted by molar-refractivity contribution is 6.16. The maximum atomic E-state index is 12.8. The summed E-state index contributed by atoms with van der Waals surface area (Å²) in [6, 6.07) is 6.31. The van der Waals surface area contributed by atoms with Gasteiger partial charge >= 0.3 is 0 Å². The summed E-state index contributed by atoms with van der Waals surface area (Å²) in [6.45, 7) is 6.27. The predicted molar refractivity (Wildman–Crippen MR) is 121 cm³/mol. The SMILES string of the molecule is CN1CCN(CCCn2cc(C=C3Oc4cc(O)cc(O)c4C3=O)c3cccnc32)CC1. The van der Waals surface area contributed by atoms with Crippen molar-refractivity contribution in [2.45, 2.75) is 13.0 Å². The van der Waals surface area contributed by atoms with Gasteiger partial charge in [0.15, 0.2) is 5.76 Å². The Labute approximate surface area is 186 Å². The number of nitrogens with zero attached hydrogens (tertiary/aromatic N) is 4. The van der Waals surface area contributed by atoms with E-state index in [1.165, 1.54) is 6.07 Å². The van der Waals surface area contributed by atoms with Crippen LogP contribution in [-0.2, 0) is 6.54 Å². The zero-order chi connectivity index (χ0) is 22.2. The molecule has 8 nitrogen and oxygen atoms in total. The fraction of sp³-hybridized carbons (Fsp3) is 0.333. The number of likely N-dealkylation sites (N-methyl/N-ethyl adjacent to an activating group) is 1. The first kappa shape index (κ1) is 20.5. The molecular weight excluding hydrogens is 408 g/mol. The average molecular weight is 434 g/mol. The quantitative estimate of drug-likeness (QED) is 0.597. The molecule has 0 saturated carbocycles. The number of carbonyl (C=O) groups is 1. The van der Waals surface area contributed by atoms with E-state index in [9.17, 15) is 15.0 Å². The molecular formula is C24H26N4O4. The Morgan fingerprint density at radius 3 is 2.78 bits per heavy atom. The van der Waals surface area contributed by atoms with E-state index in [0.29, 0.717) is 0 Å². The molecule has 3 aromatic rings. The van der Waals surface area contributed by atoms with Crippen molar-refractivity contribution in [3.05, 3.63) is 53.5 Å². The number of allylic oxidation sites excluding steroid dienone is 1. The van der Waals surface area contributed by atoms with Gasteiger partial charge in [-0.3, -0.25) is 4.79 Å². The number of aryl methyl sites for hydroxylation is 1. The van der Waals surface area contributed by atoms with E-state index in [1.54, 1.807) is 12.3 Å². The van der Waals surface area contributed by atoms with Gasteiger partial charge < -0.3 is 29.3 Å². The summed E-state index contributed by atoms with van der Waals surface area (Å²) >= 11 is 0. The van der Waals surface area contributed by atoms with Crippen molar-refractivity contribution < 1.29 is 19.7 Å². The van der Waals surface area contributed by atoms with Crippen molar-refractivity contribution in [2.75, 3.05) is 39.8 Å². The summed E-state index contributed by atoms with van der Waals surface area (Å²) in [7, 11) is 2.16. The number of fused-ring (bicyclic) bond motifs is 2. The van der Waals surface area contributed by atoms with Crippen LogP contribution in [0.2, 0.25) is 0 Å². The van der Waals surface area contributed by atoms with Crippen LogP contribution in [0, 0.1) is 0 Å². The maximum Gasteiger partial charge on any atom is 0.235 e. The minimum Gasteiger partial charge on any atom is -0.508 e. The Morgan fingerprint density at radius 2 is 1.97 bits per heavy atom. The molecule has 1 saturated heterocycles. The number of Topliss-reactive ketones (excluding diaryl/α,β-unsaturated/α-hetero) is 1. The average Bonchev–Trinajstić information content (AvgIpc) is 3.27. The number of phenols is 2. The van der Waals surface area contributed by atoms with E-state index >= 15 is 0 Å². The predicted octanol–water partition coefficient (Wildman–Crippen LogP) is 2.70. The second-order valence-corrected chi connectivity index (χ2v) is 8.43. The third-order valence-corrected chi connectivity index (χ3v) is 6.16. The minimum atomic E-state index is -0.405. The second-order valence-electron chi connectivity index (χ2n) is 8.43. The summed E-state index contributed by atoms with van der Waals surface area (Å²) in [4.78, 5) is 22.2. The molecule has 2 aromatic heterocycles. The van der Waals surface area contributed by atoms with Gasteiger partial charge in [-0.05, 0) is 38.2 Å². The molecule has 0 unspecified atom stereocenters. The van der Waals surface area contributed by atoms with Gasteiger partial charge in [-0.1, -0.05) is 0 Å². The minimum absolute atomic E-state index is 0.0723. The van der Waals surface area contributed by atoms with E-state index in [2.05, 4.69) is 26.4 Å². The van der Waals surface area contributed by atoms with Crippen molar-refractivity contribution in [3.8, 4) is 17.2 Å². The Balaban J connectivity index is 1.37. The molecule has 0 bridgehead atoms. The lowest BCUT2D eigenvalue weighted by Crippen LogP contribution is -2.44. The highest BCUT2D eigenvalue weighted by Crippen LogP contribution is 2.41. The van der Waals surface area contributed by atoms with Crippen LogP contribution < -0.4 is 4.74 Å². The molecule has 2 N–H and O–H groups in total. The monoisotopic (exact) mass is 434 g/mol. The zero-order valence-electron chi connectivity index (χ0n) is 18.0. The van der Waals surface area contributed by atoms with Crippen LogP contribution in [0.3, 0.4) is 0 Å². The molecule has 1 aromatic carbocycles. The topological polar surface area (TPSA) is 91.1 Å².